The number of benzene rings is 1. The summed E-state index contributed by atoms with van der Waals surface area (Å²) in [6.07, 6.45) is 4.02. The van der Waals surface area contributed by atoms with Crippen LogP contribution in [0.5, 0.6) is 0 Å². The molecule has 1 aliphatic heterocycles. The number of aryl methyl sites for hydroxylation is 1. The summed E-state index contributed by atoms with van der Waals surface area (Å²) in [4.78, 5) is 11.5. The van der Waals surface area contributed by atoms with Gasteiger partial charge in [-0.15, -0.1) is 0 Å². The van der Waals surface area contributed by atoms with E-state index in [0.29, 0.717) is 17.2 Å². The molecule has 1 aliphatic rings. The number of piperidine rings is 1. The molecule has 0 spiro atoms. The van der Waals surface area contributed by atoms with Gasteiger partial charge in [0.15, 0.2) is 0 Å². The summed E-state index contributed by atoms with van der Waals surface area (Å²) in [7, 11) is 0. The van der Waals surface area contributed by atoms with Crippen LogP contribution >= 0.6 is 0 Å². The lowest BCUT2D eigenvalue weighted by Gasteiger charge is -2.32. The minimum Gasteiger partial charge on any atom is -0.398 e. The van der Waals surface area contributed by atoms with E-state index in [-0.39, 0.29) is 6.04 Å². The SMILES string of the molecule is CCCc1cc(N2CCC[C@@H](N)C2)nc(Nc2ccc(N)c(C#N)c2)n1. The van der Waals surface area contributed by atoms with Crippen molar-refractivity contribution < 1.29 is 0 Å². The zero-order chi connectivity index (χ0) is 18.5. The largest absolute Gasteiger partial charge is 0.398 e. The lowest BCUT2D eigenvalue weighted by molar-refractivity contribution is 0.503. The van der Waals surface area contributed by atoms with Crippen LogP contribution in [0.4, 0.5) is 23.1 Å². The van der Waals surface area contributed by atoms with E-state index < -0.39 is 0 Å². The molecule has 26 heavy (non-hydrogen) atoms. The van der Waals surface area contributed by atoms with Crippen molar-refractivity contribution in [1.82, 2.24) is 9.97 Å². The van der Waals surface area contributed by atoms with Gasteiger partial charge in [-0.1, -0.05) is 13.3 Å². The van der Waals surface area contributed by atoms with Gasteiger partial charge in [-0.25, -0.2) is 4.98 Å². The van der Waals surface area contributed by atoms with Gasteiger partial charge in [0.05, 0.1) is 5.56 Å². The Morgan fingerprint density at radius 1 is 1.35 bits per heavy atom. The molecule has 1 fully saturated rings. The third kappa shape index (κ3) is 4.21. The number of anilines is 4. The first kappa shape index (κ1) is 18.0. The van der Waals surface area contributed by atoms with E-state index in [1.54, 1.807) is 12.1 Å². The first-order valence-electron chi connectivity index (χ1n) is 9.04. The summed E-state index contributed by atoms with van der Waals surface area (Å²) in [5.41, 5.74) is 14.5. The number of hydrogen-bond donors (Lipinski definition) is 3. The number of nitrogens with two attached hydrogens (primary N) is 2. The monoisotopic (exact) mass is 351 g/mol. The molecule has 1 aromatic carbocycles. The van der Waals surface area contributed by atoms with Gasteiger partial charge in [0.25, 0.3) is 0 Å². The summed E-state index contributed by atoms with van der Waals surface area (Å²) in [6.45, 7) is 3.89. The maximum Gasteiger partial charge on any atom is 0.229 e. The Morgan fingerprint density at radius 3 is 2.92 bits per heavy atom. The third-order valence-electron chi connectivity index (χ3n) is 4.48. The molecule has 1 aromatic heterocycles. The summed E-state index contributed by atoms with van der Waals surface area (Å²) < 4.78 is 0. The molecule has 1 saturated heterocycles. The molecule has 7 heteroatoms. The van der Waals surface area contributed by atoms with Crippen LogP contribution in [-0.4, -0.2) is 29.1 Å². The number of nitrogens with one attached hydrogen (secondary N) is 1. The van der Waals surface area contributed by atoms with Gasteiger partial charge in [0.2, 0.25) is 5.95 Å². The average Bonchev–Trinajstić information content (AvgIpc) is 2.63. The Bertz CT molecular complexity index is 812. The predicted octanol–water partition coefficient (Wildman–Crippen LogP) is 2.55. The fraction of sp³-hybridized carbons (Fsp3) is 0.421. The molecular formula is C19H25N7. The van der Waals surface area contributed by atoms with Gasteiger partial charge in [-0.3, -0.25) is 0 Å². The van der Waals surface area contributed by atoms with E-state index >= 15 is 0 Å². The molecule has 0 amide bonds. The third-order valence-corrected chi connectivity index (χ3v) is 4.48. The van der Waals surface area contributed by atoms with Crippen LogP contribution in [-0.2, 0) is 6.42 Å². The predicted molar refractivity (Wildman–Crippen MR) is 104 cm³/mol. The molecule has 2 heterocycles. The van der Waals surface area contributed by atoms with Crippen LogP contribution in [0.2, 0.25) is 0 Å². The Hall–Kier alpha value is -2.85. The van der Waals surface area contributed by atoms with Gasteiger partial charge in [-0.2, -0.15) is 10.2 Å². The average molecular weight is 351 g/mol. The summed E-state index contributed by atoms with van der Waals surface area (Å²) in [6, 6.07) is 9.57. The van der Waals surface area contributed by atoms with Crippen LogP contribution in [0.25, 0.3) is 0 Å². The lowest BCUT2D eigenvalue weighted by Crippen LogP contribution is -2.43. The normalized spacial score (nSPS) is 17.0. The minimum absolute atomic E-state index is 0.181. The summed E-state index contributed by atoms with van der Waals surface area (Å²) in [5.74, 6) is 1.43. The highest BCUT2D eigenvalue weighted by molar-refractivity contribution is 5.65. The molecule has 3 rings (SSSR count). The quantitative estimate of drug-likeness (QED) is 0.709. The molecule has 0 bridgehead atoms. The Balaban J connectivity index is 1.89. The fourth-order valence-electron chi connectivity index (χ4n) is 3.16. The van der Waals surface area contributed by atoms with Gasteiger partial charge in [0.1, 0.15) is 11.9 Å². The second-order valence-electron chi connectivity index (χ2n) is 6.68. The van der Waals surface area contributed by atoms with E-state index in [1.165, 1.54) is 0 Å². The number of nitrogens with zero attached hydrogens (tertiary/aromatic N) is 4. The number of rotatable bonds is 5. The van der Waals surface area contributed by atoms with Crippen molar-refractivity contribution in [3.8, 4) is 6.07 Å². The minimum atomic E-state index is 0.181. The number of nitrogen functional groups attached to an aromatic ring is 1. The van der Waals surface area contributed by atoms with Crippen LogP contribution in [0.15, 0.2) is 24.3 Å². The van der Waals surface area contributed by atoms with E-state index in [0.717, 1.165) is 56.0 Å². The molecule has 5 N–H and O–H groups in total. The number of nitriles is 1. The van der Waals surface area contributed by atoms with Crippen molar-refractivity contribution in [1.29, 1.82) is 5.26 Å². The zero-order valence-corrected chi connectivity index (χ0v) is 15.1. The van der Waals surface area contributed by atoms with E-state index in [2.05, 4.69) is 39.2 Å². The highest BCUT2D eigenvalue weighted by Gasteiger charge is 2.19. The molecule has 136 valence electrons. The summed E-state index contributed by atoms with van der Waals surface area (Å²) >= 11 is 0. The lowest BCUT2D eigenvalue weighted by atomic mass is 10.1. The molecular weight excluding hydrogens is 326 g/mol. The summed E-state index contributed by atoms with van der Waals surface area (Å²) in [5, 5.41) is 12.4. The van der Waals surface area contributed by atoms with Crippen LogP contribution in [0.3, 0.4) is 0 Å². The number of aromatic nitrogens is 2. The first-order chi connectivity index (χ1) is 12.6. The topological polar surface area (TPSA) is 117 Å². The van der Waals surface area contributed by atoms with E-state index in [9.17, 15) is 0 Å². The Morgan fingerprint density at radius 2 is 2.19 bits per heavy atom. The number of hydrogen-bond acceptors (Lipinski definition) is 7. The van der Waals surface area contributed by atoms with Gasteiger partial charge in [-0.05, 0) is 37.5 Å². The molecule has 0 aliphatic carbocycles. The van der Waals surface area contributed by atoms with Gasteiger partial charge < -0.3 is 21.7 Å². The van der Waals surface area contributed by atoms with E-state index in [1.807, 2.05) is 6.07 Å². The van der Waals surface area contributed by atoms with Crippen molar-refractivity contribution in [2.75, 3.05) is 29.0 Å². The maximum absolute atomic E-state index is 9.15. The smallest absolute Gasteiger partial charge is 0.229 e. The highest BCUT2D eigenvalue weighted by atomic mass is 15.2. The fourth-order valence-corrected chi connectivity index (χ4v) is 3.16. The highest BCUT2D eigenvalue weighted by Crippen LogP contribution is 2.23. The van der Waals surface area contributed by atoms with Crippen molar-refractivity contribution in [3.05, 3.63) is 35.5 Å². The van der Waals surface area contributed by atoms with Crippen LogP contribution in [0, 0.1) is 11.3 Å². The zero-order valence-electron chi connectivity index (χ0n) is 15.1. The van der Waals surface area contributed by atoms with Crippen molar-refractivity contribution in [2.24, 2.45) is 5.73 Å². The van der Waals surface area contributed by atoms with Gasteiger partial charge in [0, 0.05) is 42.3 Å². The Labute approximate surface area is 154 Å². The van der Waals surface area contributed by atoms with Crippen LogP contribution < -0.4 is 21.7 Å². The molecule has 0 radical (unpaired) electrons. The molecule has 7 nitrogen and oxygen atoms in total. The Kier molecular flexibility index (Phi) is 5.54. The van der Waals surface area contributed by atoms with Crippen molar-refractivity contribution >= 4 is 23.1 Å². The van der Waals surface area contributed by atoms with Crippen molar-refractivity contribution in [3.63, 3.8) is 0 Å². The second kappa shape index (κ2) is 8.02. The molecule has 0 saturated carbocycles. The van der Waals surface area contributed by atoms with E-state index in [4.69, 9.17) is 16.7 Å². The molecule has 1 atom stereocenters. The second-order valence-corrected chi connectivity index (χ2v) is 6.68. The van der Waals surface area contributed by atoms with Crippen LogP contribution in [0.1, 0.15) is 37.4 Å². The van der Waals surface area contributed by atoms with Gasteiger partial charge >= 0.3 is 0 Å². The standard InChI is InChI=1S/C19H25N7/c1-2-4-15-10-18(26-8-3-5-14(21)12-26)25-19(23-15)24-16-6-7-17(22)13(9-16)11-20/h6-7,9-10,14H,2-5,8,12,21-22H2,1H3,(H,23,24,25)/t14-/m1/s1. The molecule has 2 aromatic rings. The van der Waals surface area contributed by atoms with Crippen molar-refractivity contribution in [2.45, 2.75) is 38.6 Å². The first-order valence-corrected chi connectivity index (χ1v) is 9.04. The maximum atomic E-state index is 9.15. The molecule has 0 unspecified atom stereocenters.